The normalized spacial score (nSPS) is 32.7. The van der Waals surface area contributed by atoms with Crippen molar-refractivity contribution in [3.63, 3.8) is 0 Å². The first-order chi connectivity index (χ1) is 4.72. The Kier molecular flexibility index (Phi) is 2.08. The largest absolute Gasteiger partial charge is 0.327 e. The molecule has 0 aromatic heterocycles. The van der Waals surface area contributed by atoms with E-state index in [0.717, 1.165) is 18.4 Å². The fourth-order valence-electron chi connectivity index (χ4n) is 1.41. The van der Waals surface area contributed by atoms with E-state index in [1.165, 1.54) is 0 Å². The summed E-state index contributed by atoms with van der Waals surface area (Å²) in [4.78, 5) is 0. The average molecular weight is 136 g/mol. The third-order valence-corrected chi connectivity index (χ3v) is 1.79. The van der Waals surface area contributed by atoms with E-state index in [9.17, 15) is 0 Å². The van der Waals surface area contributed by atoms with Crippen LogP contribution in [0, 0.1) is 17.2 Å². The zero-order valence-corrected chi connectivity index (χ0v) is 6.17. The topological polar surface area (TPSA) is 49.8 Å². The summed E-state index contributed by atoms with van der Waals surface area (Å²) in [6, 6.07) is 2.35. The summed E-state index contributed by atoms with van der Waals surface area (Å²) in [7, 11) is 0. The maximum Gasteiger partial charge on any atom is 0.0944 e. The number of nitriles is 1. The van der Waals surface area contributed by atoms with Gasteiger partial charge in [-0.2, -0.15) is 5.26 Å². The molecule has 2 N–H and O–H groups in total. The molecule has 2 unspecified atom stereocenters. The van der Waals surface area contributed by atoms with Crippen molar-refractivity contribution in [1.29, 1.82) is 5.26 Å². The first-order valence-electron chi connectivity index (χ1n) is 3.58. The summed E-state index contributed by atoms with van der Waals surface area (Å²) in [5.41, 5.74) is 6.55. The van der Waals surface area contributed by atoms with Gasteiger partial charge >= 0.3 is 0 Å². The highest BCUT2D eigenvalue weighted by Gasteiger charge is 2.15. The molecule has 1 rings (SSSR count). The van der Waals surface area contributed by atoms with Crippen LogP contribution >= 0.6 is 0 Å². The number of rotatable bonds is 0. The Hall–Kier alpha value is -0.810. The molecule has 2 nitrogen and oxygen atoms in total. The van der Waals surface area contributed by atoms with Crippen LogP contribution in [0.3, 0.4) is 0 Å². The molecule has 2 atom stereocenters. The quantitative estimate of drug-likeness (QED) is 0.544. The lowest BCUT2D eigenvalue weighted by molar-refractivity contribution is 0.502. The second-order valence-corrected chi connectivity index (χ2v) is 2.98. The fraction of sp³-hybridized carbons (Fsp3) is 0.625. The zero-order valence-electron chi connectivity index (χ0n) is 6.17. The summed E-state index contributed by atoms with van der Waals surface area (Å²) < 4.78 is 0. The summed E-state index contributed by atoms with van der Waals surface area (Å²) >= 11 is 0. The van der Waals surface area contributed by atoms with E-state index in [2.05, 4.69) is 13.0 Å². The second kappa shape index (κ2) is 2.85. The third kappa shape index (κ3) is 1.58. The molecule has 0 saturated carbocycles. The summed E-state index contributed by atoms with van der Waals surface area (Å²) in [5.74, 6) is 0.485. The molecule has 1 aliphatic rings. The summed E-state index contributed by atoms with van der Waals surface area (Å²) in [6.45, 7) is 2.09. The van der Waals surface area contributed by atoms with E-state index in [1.807, 2.05) is 6.08 Å². The Balaban J connectivity index is 2.68. The standard InChI is InChI=1S/C8H12N2/c1-6-2-7(5-9)4-8(10)3-6/h2,6,8H,3-4,10H2,1H3. The van der Waals surface area contributed by atoms with Crippen molar-refractivity contribution < 1.29 is 0 Å². The Bertz CT molecular complexity index is 188. The van der Waals surface area contributed by atoms with Crippen LogP contribution in [0.2, 0.25) is 0 Å². The fourth-order valence-corrected chi connectivity index (χ4v) is 1.41. The van der Waals surface area contributed by atoms with Crippen LogP contribution < -0.4 is 5.73 Å². The van der Waals surface area contributed by atoms with E-state index < -0.39 is 0 Å². The Morgan fingerprint density at radius 3 is 3.00 bits per heavy atom. The molecule has 0 saturated heterocycles. The first-order valence-corrected chi connectivity index (χ1v) is 3.58. The molecule has 0 aromatic rings. The lowest BCUT2D eigenvalue weighted by Gasteiger charge is -2.19. The minimum Gasteiger partial charge on any atom is -0.327 e. The van der Waals surface area contributed by atoms with Crippen molar-refractivity contribution in [3.8, 4) is 6.07 Å². The highest BCUT2D eigenvalue weighted by Crippen LogP contribution is 2.20. The van der Waals surface area contributed by atoms with E-state index in [4.69, 9.17) is 11.0 Å². The highest BCUT2D eigenvalue weighted by atomic mass is 14.6. The van der Waals surface area contributed by atoms with Gasteiger partial charge in [0.25, 0.3) is 0 Å². The van der Waals surface area contributed by atoms with Gasteiger partial charge in [-0.15, -0.1) is 0 Å². The SMILES string of the molecule is CC1C=C(C#N)CC(N)C1. The number of nitrogens with two attached hydrogens (primary N) is 1. The second-order valence-electron chi connectivity index (χ2n) is 2.98. The Morgan fingerprint density at radius 2 is 2.50 bits per heavy atom. The van der Waals surface area contributed by atoms with Gasteiger partial charge in [0.15, 0.2) is 0 Å². The van der Waals surface area contributed by atoms with Crippen molar-refractivity contribution >= 4 is 0 Å². The molecule has 0 radical (unpaired) electrons. The Morgan fingerprint density at radius 1 is 1.80 bits per heavy atom. The monoisotopic (exact) mass is 136 g/mol. The van der Waals surface area contributed by atoms with E-state index in [-0.39, 0.29) is 6.04 Å². The summed E-state index contributed by atoms with van der Waals surface area (Å²) in [6.07, 6.45) is 3.80. The van der Waals surface area contributed by atoms with Gasteiger partial charge in [0.2, 0.25) is 0 Å². The van der Waals surface area contributed by atoms with Gasteiger partial charge in [-0.05, 0) is 18.8 Å². The van der Waals surface area contributed by atoms with E-state index >= 15 is 0 Å². The van der Waals surface area contributed by atoms with Crippen molar-refractivity contribution in [2.75, 3.05) is 0 Å². The maximum absolute atomic E-state index is 8.55. The predicted octanol–water partition coefficient (Wildman–Crippen LogP) is 1.19. The molecule has 10 heavy (non-hydrogen) atoms. The van der Waals surface area contributed by atoms with Crippen molar-refractivity contribution in [3.05, 3.63) is 11.6 Å². The zero-order chi connectivity index (χ0) is 7.56. The van der Waals surface area contributed by atoms with Gasteiger partial charge in [0.1, 0.15) is 0 Å². The van der Waals surface area contributed by atoms with Crippen LogP contribution in [0.5, 0.6) is 0 Å². The van der Waals surface area contributed by atoms with Crippen LogP contribution in [0.25, 0.3) is 0 Å². The molecule has 0 heterocycles. The maximum atomic E-state index is 8.55. The minimum absolute atomic E-state index is 0.203. The number of hydrogen-bond donors (Lipinski definition) is 1. The molecule has 0 spiro atoms. The molecule has 0 aromatic carbocycles. The van der Waals surface area contributed by atoms with Crippen LogP contribution in [-0.2, 0) is 0 Å². The number of hydrogen-bond acceptors (Lipinski definition) is 2. The van der Waals surface area contributed by atoms with Crippen LogP contribution in [0.1, 0.15) is 19.8 Å². The van der Waals surface area contributed by atoms with E-state index in [0.29, 0.717) is 5.92 Å². The molecule has 0 fully saturated rings. The highest BCUT2D eigenvalue weighted by molar-refractivity contribution is 5.24. The van der Waals surface area contributed by atoms with Gasteiger partial charge in [-0.1, -0.05) is 13.0 Å². The lowest BCUT2D eigenvalue weighted by Crippen LogP contribution is -2.25. The van der Waals surface area contributed by atoms with Gasteiger partial charge in [-0.25, -0.2) is 0 Å². The van der Waals surface area contributed by atoms with Crippen LogP contribution in [0.4, 0.5) is 0 Å². The van der Waals surface area contributed by atoms with Crippen LogP contribution in [0.15, 0.2) is 11.6 Å². The Labute approximate surface area is 61.3 Å². The first kappa shape index (κ1) is 7.30. The number of allylic oxidation sites excluding steroid dienone is 1. The smallest absolute Gasteiger partial charge is 0.0944 e. The van der Waals surface area contributed by atoms with Crippen molar-refractivity contribution in [1.82, 2.24) is 0 Å². The summed E-state index contributed by atoms with van der Waals surface area (Å²) in [5, 5.41) is 8.55. The molecule has 1 aliphatic carbocycles. The molecular formula is C8H12N2. The van der Waals surface area contributed by atoms with Gasteiger partial charge in [0.05, 0.1) is 6.07 Å². The molecule has 54 valence electrons. The van der Waals surface area contributed by atoms with Crippen LogP contribution in [-0.4, -0.2) is 6.04 Å². The molecular weight excluding hydrogens is 124 g/mol. The molecule has 0 bridgehead atoms. The molecule has 0 aliphatic heterocycles. The molecule has 2 heteroatoms. The number of nitrogens with zero attached hydrogens (tertiary/aromatic N) is 1. The average Bonchev–Trinajstić information content (AvgIpc) is 1.85. The third-order valence-electron chi connectivity index (χ3n) is 1.79. The van der Waals surface area contributed by atoms with E-state index in [1.54, 1.807) is 0 Å². The van der Waals surface area contributed by atoms with Crippen molar-refractivity contribution in [2.45, 2.75) is 25.8 Å². The van der Waals surface area contributed by atoms with Gasteiger partial charge in [0, 0.05) is 11.6 Å². The van der Waals surface area contributed by atoms with Crippen molar-refractivity contribution in [2.24, 2.45) is 11.7 Å². The predicted molar refractivity (Wildman–Crippen MR) is 40.1 cm³/mol. The van der Waals surface area contributed by atoms with Gasteiger partial charge < -0.3 is 5.73 Å². The minimum atomic E-state index is 0.203. The molecule has 0 amide bonds. The lowest BCUT2D eigenvalue weighted by atomic mass is 9.89. The van der Waals surface area contributed by atoms with Gasteiger partial charge in [-0.3, -0.25) is 0 Å².